The van der Waals surface area contributed by atoms with Crippen LogP contribution < -0.4 is 0 Å². The zero-order valence-corrected chi connectivity index (χ0v) is 14.1. The second-order valence-electron chi connectivity index (χ2n) is 6.09. The highest BCUT2D eigenvalue weighted by atomic mass is 35.5. The van der Waals surface area contributed by atoms with Crippen LogP contribution in [0.3, 0.4) is 0 Å². The molecule has 0 bridgehead atoms. The monoisotopic (exact) mass is 337 g/mol. The maximum absolute atomic E-state index is 5.92. The van der Waals surface area contributed by atoms with Gasteiger partial charge in [0, 0.05) is 50.1 Å². The van der Waals surface area contributed by atoms with Gasteiger partial charge in [-0.05, 0) is 31.0 Å². The van der Waals surface area contributed by atoms with Crippen LogP contribution in [0.1, 0.15) is 24.6 Å². The lowest BCUT2D eigenvalue weighted by molar-refractivity contribution is 0.0359. The lowest BCUT2D eigenvalue weighted by Crippen LogP contribution is -2.38. The average Bonchev–Trinajstić information content (AvgIpc) is 3.21. The van der Waals surface area contributed by atoms with Gasteiger partial charge in [0.1, 0.15) is 5.65 Å². The van der Waals surface area contributed by atoms with E-state index in [1.807, 2.05) is 12.3 Å². The van der Waals surface area contributed by atoms with Crippen molar-refractivity contribution in [2.24, 2.45) is 0 Å². The van der Waals surface area contributed by atoms with E-state index < -0.39 is 0 Å². The maximum Gasteiger partial charge on any atom is 0.140 e. The Balaban J connectivity index is 0.00000156. The Hall–Kier alpha value is -1.14. The van der Waals surface area contributed by atoms with Crippen LogP contribution in [0, 0.1) is 0 Å². The molecule has 2 aliphatic rings. The van der Waals surface area contributed by atoms with Crippen molar-refractivity contribution in [2.45, 2.75) is 25.5 Å². The molecule has 6 heteroatoms. The minimum absolute atomic E-state index is 0. The van der Waals surface area contributed by atoms with Gasteiger partial charge < -0.3 is 14.0 Å². The van der Waals surface area contributed by atoms with Crippen LogP contribution in [0.5, 0.6) is 0 Å². The summed E-state index contributed by atoms with van der Waals surface area (Å²) in [5.41, 5.74) is 2.38. The fraction of sp³-hybridized carbons (Fsp3) is 0.588. The van der Waals surface area contributed by atoms with Crippen molar-refractivity contribution in [3.8, 4) is 0 Å². The van der Waals surface area contributed by atoms with Gasteiger partial charge in [0.15, 0.2) is 0 Å². The molecule has 0 saturated carbocycles. The summed E-state index contributed by atoms with van der Waals surface area (Å²) < 4.78 is 13.7. The molecule has 2 saturated heterocycles. The van der Waals surface area contributed by atoms with Crippen LogP contribution in [-0.2, 0) is 16.0 Å². The van der Waals surface area contributed by atoms with Crippen LogP contribution in [-0.4, -0.2) is 53.9 Å². The minimum atomic E-state index is 0. The first-order valence-corrected chi connectivity index (χ1v) is 8.28. The van der Waals surface area contributed by atoms with Gasteiger partial charge in [-0.25, -0.2) is 4.98 Å². The van der Waals surface area contributed by atoms with Crippen LogP contribution in [0.4, 0.5) is 0 Å². The molecular formula is C17H24ClN3O2. The third-order valence-electron chi connectivity index (χ3n) is 4.69. The number of aromatic nitrogens is 2. The molecule has 0 radical (unpaired) electrons. The van der Waals surface area contributed by atoms with Gasteiger partial charge in [0.2, 0.25) is 0 Å². The van der Waals surface area contributed by atoms with Crippen LogP contribution in [0.2, 0.25) is 0 Å². The van der Waals surface area contributed by atoms with Gasteiger partial charge in [0.25, 0.3) is 0 Å². The molecule has 4 heterocycles. The highest BCUT2D eigenvalue weighted by Gasteiger charge is 2.23. The van der Waals surface area contributed by atoms with Crippen molar-refractivity contribution >= 4 is 23.4 Å². The van der Waals surface area contributed by atoms with E-state index in [0.717, 1.165) is 64.5 Å². The molecule has 2 aromatic rings. The van der Waals surface area contributed by atoms with Crippen molar-refractivity contribution in [2.75, 3.05) is 39.5 Å². The van der Waals surface area contributed by atoms with Crippen molar-refractivity contribution < 1.29 is 9.47 Å². The van der Waals surface area contributed by atoms with E-state index in [1.165, 1.54) is 11.1 Å². The SMILES string of the molecule is Cl.c1cnc2c(c1)cc([C@H]1CCCO1)n2CCN1CCOCC1. The van der Waals surface area contributed by atoms with E-state index in [9.17, 15) is 0 Å². The molecule has 1 atom stereocenters. The van der Waals surface area contributed by atoms with E-state index in [0.29, 0.717) is 0 Å². The first-order chi connectivity index (χ1) is 10.9. The fourth-order valence-electron chi connectivity index (χ4n) is 3.49. The van der Waals surface area contributed by atoms with Crippen LogP contribution in [0.25, 0.3) is 11.0 Å². The summed E-state index contributed by atoms with van der Waals surface area (Å²) in [5, 5.41) is 1.22. The Morgan fingerprint density at radius 3 is 2.83 bits per heavy atom. The number of fused-ring (bicyclic) bond motifs is 1. The molecule has 5 nitrogen and oxygen atoms in total. The first kappa shape index (κ1) is 16.7. The van der Waals surface area contributed by atoms with Gasteiger partial charge in [0.05, 0.1) is 19.3 Å². The van der Waals surface area contributed by atoms with Gasteiger partial charge >= 0.3 is 0 Å². The van der Waals surface area contributed by atoms with E-state index in [-0.39, 0.29) is 18.5 Å². The number of hydrogen-bond donors (Lipinski definition) is 0. The van der Waals surface area contributed by atoms with Gasteiger partial charge in [-0.15, -0.1) is 12.4 Å². The summed E-state index contributed by atoms with van der Waals surface area (Å²) in [6.45, 7) is 6.65. The Labute approximate surface area is 143 Å². The third-order valence-corrected chi connectivity index (χ3v) is 4.69. The molecule has 2 aliphatic heterocycles. The second-order valence-corrected chi connectivity index (χ2v) is 6.09. The molecule has 2 aromatic heterocycles. The molecule has 0 aliphatic carbocycles. The van der Waals surface area contributed by atoms with E-state index in [1.54, 1.807) is 0 Å². The van der Waals surface area contributed by atoms with Crippen molar-refractivity contribution in [1.29, 1.82) is 0 Å². The quantitative estimate of drug-likeness (QED) is 0.860. The Morgan fingerprint density at radius 1 is 1.17 bits per heavy atom. The summed E-state index contributed by atoms with van der Waals surface area (Å²) in [6, 6.07) is 6.41. The molecule has 0 aromatic carbocycles. The second kappa shape index (κ2) is 7.62. The Morgan fingerprint density at radius 2 is 2.04 bits per heavy atom. The number of nitrogens with zero attached hydrogens (tertiary/aromatic N) is 3. The minimum Gasteiger partial charge on any atom is -0.379 e. The molecule has 2 fully saturated rings. The molecule has 126 valence electrons. The predicted molar refractivity (Wildman–Crippen MR) is 92.2 cm³/mol. The smallest absolute Gasteiger partial charge is 0.140 e. The molecule has 4 rings (SSSR count). The highest BCUT2D eigenvalue weighted by Crippen LogP contribution is 2.32. The van der Waals surface area contributed by atoms with E-state index >= 15 is 0 Å². The summed E-state index contributed by atoms with van der Waals surface area (Å²) in [7, 11) is 0. The van der Waals surface area contributed by atoms with Crippen LogP contribution >= 0.6 is 12.4 Å². The van der Waals surface area contributed by atoms with E-state index in [2.05, 4.69) is 26.6 Å². The van der Waals surface area contributed by atoms with Gasteiger partial charge in [-0.3, -0.25) is 4.90 Å². The molecule has 0 amide bonds. The van der Waals surface area contributed by atoms with Crippen LogP contribution in [0.15, 0.2) is 24.4 Å². The number of halogens is 1. The average molecular weight is 338 g/mol. The zero-order chi connectivity index (χ0) is 14.8. The maximum atomic E-state index is 5.92. The third kappa shape index (κ3) is 3.53. The fourth-order valence-corrected chi connectivity index (χ4v) is 3.49. The largest absolute Gasteiger partial charge is 0.379 e. The summed E-state index contributed by atoms with van der Waals surface area (Å²) in [6.07, 6.45) is 4.39. The normalized spacial score (nSPS) is 22.3. The Kier molecular flexibility index (Phi) is 5.54. The number of ether oxygens (including phenoxy) is 2. The standard InChI is InChI=1S/C17H23N3O2.ClH/c1-3-14-13-15(16-4-2-10-22-16)20(17(14)18-5-1)7-6-19-8-11-21-12-9-19;/h1,3,5,13,16H,2,4,6-12H2;1H/t16-;/m1./s1. The van der Waals surface area contributed by atoms with Gasteiger partial charge in [-0.2, -0.15) is 0 Å². The molecule has 23 heavy (non-hydrogen) atoms. The number of rotatable bonds is 4. The van der Waals surface area contributed by atoms with Gasteiger partial charge in [-0.1, -0.05) is 0 Å². The molecule has 0 spiro atoms. The topological polar surface area (TPSA) is 39.5 Å². The molecule has 0 unspecified atom stereocenters. The Bertz CT molecular complexity index is 634. The molecular weight excluding hydrogens is 314 g/mol. The predicted octanol–water partition coefficient (Wildman–Crippen LogP) is 2.64. The van der Waals surface area contributed by atoms with E-state index in [4.69, 9.17) is 9.47 Å². The molecule has 0 N–H and O–H groups in total. The highest BCUT2D eigenvalue weighted by molar-refractivity contribution is 5.85. The summed E-state index contributed by atoms with van der Waals surface area (Å²) in [4.78, 5) is 7.07. The summed E-state index contributed by atoms with van der Waals surface area (Å²) >= 11 is 0. The zero-order valence-electron chi connectivity index (χ0n) is 13.3. The lowest BCUT2D eigenvalue weighted by atomic mass is 10.2. The lowest BCUT2D eigenvalue weighted by Gasteiger charge is -2.27. The number of pyridine rings is 1. The first-order valence-electron chi connectivity index (χ1n) is 8.28. The van der Waals surface area contributed by atoms with Crippen molar-refractivity contribution in [3.63, 3.8) is 0 Å². The number of hydrogen-bond acceptors (Lipinski definition) is 4. The van der Waals surface area contributed by atoms with Crippen molar-refractivity contribution in [3.05, 3.63) is 30.1 Å². The van der Waals surface area contributed by atoms with Crippen molar-refractivity contribution in [1.82, 2.24) is 14.5 Å². The summed E-state index contributed by atoms with van der Waals surface area (Å²) in [5.74, 6) is 0. The number of morpholine rings is 1.